The molecule has 0 saturated carbocycles. The highest BCUT2D eigenvalue weighted by atomic mass is 16.2. The molecule has 1 amide bonds. The molecular weight excluding hydrogens is 248 g/mol. The number of hydrogen-bond donors (Lipinski definition) is 0. The summed E-state index contributed by atoms with van der Waals surface area (Å²) < 4.78 is 0. The SMILES string of the molecule is CCC[C@H]1C(=O)N(c2cccc3cccnc23)[C@H]1CC. The number of rotatable bonds is 4. The minimum Gasteiger partial charge on any atom is -0.306 e. The first kappa shape index (κ1) is 13.1. The second-order valence-corrected chi connectivity index (χ2v) is 5.43. The van der Waals surface area contributed by atoms with Crippen molar-refractivity contribution in [3.63, 3.8) is 0 Å². The molecule has 0 unspecified atom stereocenters. The largest absolute Gasteiger partial charge is 0.306 e. The number of hydrogen-bond acceptors (Lipinski definition) is 2. The maximum Gasteiger partial charge on any atom is 0.232 e. The summed E-state index contributed by atoms with van der Waals surface area (Å²) >= 11 is 0. The van der Waals surface area contributed by atoms with Crippen LogP contribution in [0.3, 0.4) is 0 Å². The number of carbonyl (C=O) groups excluding carboxylic acids is 1. The molecule has 3 nitrogen and oxygen atoms in total. The lowest BCUT2D eigenvalue weighted by atomic mass is 9.81. The summed E-state index contributed by atoms with van der Waals surface area (Å²) in [5.41, 5.74) is 1.89. The normalized spacial score (nSPS) is 22.1. The van der Waals surface area contributed by atoms with Crippen LogP contribution in [0, 0.1) is 5.92 Å². The second-order valence-electron chi connectivity index (χ2n) is 5.43. The van der Waals surface area contributed by atoms with Gasteiger partial charge in [0.15, 0.2) is 0 Å². The van der Waals surface area contributed by atoms with Crippen molar-refractivity contribution in [2.24, 2.45) is 5.92 Å². The van der Waals surface area contributed by atoms with Gasteiger partial charge in [-0.1, -0.05) is 38.5 Å². The van der Waals surface area contributed by atoms with Gasteiger partial charge in [0.2, 0.25) is 5.91 Å². The molecule has 2 aromatic rings. The van der Waals surface area contributed by atoms with Crippen molar-refractivity contribution in [2.45, 2.75) is 39.2 Å². The number of benzene rings is 1. The van der Waals surface area contributed by atoms with Crippen molar-refractivity contribution in [1.82, 2.24) is 4.98 Å². The maximum atomic E-state index is 12.5. The van der Waals surface area contributed by atoms with Crippen molar-refractivity contribution in [3.8, 4) is 0 Å². The Morgan fingerprint density at radius 3 is 2.75 bits per heavy atom. The smallest absolute Gasteiger partial charge is 0.232 e. The van der Waals surface area contributed by atoms with Crippen molar-refractivity contribution in [2.75, 3.05) is 4.90 Å². The van der Waals surface area contributed by atoms with Gasteiger partial charge in [-0.3, -0.25) is 9.78 Å². The number of carbonyl (C=O) groups is 1. The average Bonchev–Trinajstić information content (AvgIpc) is 2.49. The molecular formula is C17H20N2O. The predicted molar refractivity (Wildman–Crippen MR) is 81.7 cm³/mol. The van der Waals surface area contributed by atoms with Crippen molar-refractivity contribution in [1.29, 1.82) is 0 Å². The van der Waals surface area contributed by atoms with Gasteiger partial charge >= 0.3 is 0 Å². The number of anilines is 1. The molecule has 104 valence electrons. The molecule has 3 heteroatoms. The molecule has 0 bridgehead atoms. The first-order valence-corrected chi connectivity index (χ1v) is 7.44. The Labute approximate surface area is 119 Å². The van der Waals surface area contributed by atoms with Crippen LogP contribution in [0.25, 0.3) is 10.9 Å². The number of pyridine rings is 1. The highest BCUT2D eigenvalue weighted by Gasteiger charge is 2.46. The lowest BCUT2D eigenvalue weighted by Crippen LogP contribution is -2.61. The average molecular weight is 268 g/mol. The Morgan fingerprint density at radius 2 is 2.00 bits per heavy atom. The topological polar surface area (TPSA) is 33.2 Å². The Balaban J connectivity index is 2.01. The van der Waals surface area contributed by atoms with Crippen molar-refractivity contribution in [3.05, 3.63) is 36.5 Å². The van der Waals surface area contributed by atoms with Gasteiger partial charge in [-0.15, -0.1) is 0 Å². The predicted octanol–water partition coefficient (Wildman–Crippen LogP) is 3.78. The summed E-state index contributed by atoms with van der Waals surface area (Å²) in [7, 11) is 0. The Morgan fingerprint density at radius 1 is 1.20 bits per heavy atom. The fraction of sp³-hybridized carbons (Fsp3) is 0.412. The molecule has 1 saturated heterocycles. The molecule has 20 heavy (non-hydrogen) atoms. The van der Waals surface area contributed by atoms with Crippen LogP contribution in [-0.2, 0) is 4.79 Å². The minimum atomic E-state index is 0.198. The summed E-state index contributed by atoms with van der Waals surface area (Å²) in [5, 5.41) is 1.09. The van der Waals surface area contributed by atoms with E-state index in [1.54, 1.807) is 6.20 Å². The second kappa shape index (κ2) is 5.23. The molecule has 1 aliphatic rings. The lowest BCUT2D eigenvalue weighted by Gasteiger charge is -2.47. The highest BCUT2D eigenvalue weighted by Crippen LogP contribution is 2.39. The minimum absolute atomic E-state index is 0.198. The van der Waals surface area contributed by atoms with E-state index >= 15 is 0 Å². The molecule has 0 radical (unpaired) electrons. The molecule has 1 aromatic heterocycles. The quantitative estimate of drug-likeness (QED) is 0.791. The summed E-state index contributed by atoms with van der Waals surface area (Å²) in [6, 6.07) is 10.4. The van der Waals surface area contributed by atoms with Crippen LogP contribution in [0.4, 0.5) is 5.69 Å². The van der Waals surface area contributed by atoms with E-state index in [4.69, 9.17) is 0 Å². The van der Waals surface area contributed by atoms with E-state index < -0.39 is 0 Å². The first-order chi connectivity index (χ1) is 9.77. The molecule has 3 rings (SSSR count). The Kier molecular flexibility index (Phi) is 3.43. The molecule has 2 heterocycles. The van der Waals surface area contributed by atoms with Crippen LogP contribution in [0.15, 0.2) is 36.5 Å². The van der Waals surface area contributed by atoms with E-state index in [9.17, 15) is 4.79 Å². The van der Waals surface area contributed by atoms with Gasteiger partial charge in [0.1, 0.15) is 0 Å². The number of β-lactam (4-membered cyclic amide) rings is 1. The Bertz CT molecular complexity index is 632. The van der Waals surface area contributed by atoms with Crippen LogP contribution in [0.1, 0.15) is 33.1 Å². The van der Waals surface area contributed by atoms with E-state index in [-0.39, 0.29) is 11.8 Å². The van der Waals surface area contributed by atoms with Crippen LogP contribution in [0.2, 0.25) is 0 Å². The molecule has 2 atom stereocenters. The zero-order valence-electron chi connectivity index (χ0n) is 12.0. The molecule has 1 fully saturated rings. The fourth-order valence-electron chi connectivity index (χ4n) is 3.28. The van der Waals surface area contributed by atoms with Crippen LogP contribution in [-0.4, -0.2) is 16.9 Å². The molecule has 1 aliphatic heterocycles. The summed E-state index contributed by atoms with van der Waals surface area (Å²) in [6.07, 6.45) is 4.85. The number of aromatic nitrogens is 1. The van der Waals surface area contributed by atoms with Crippen LogP contribution >= 0.6 is 0 Å². The van der Waals surface area contributed by atoms with Gasteiger partial charge in [-0.05, 0) is 25.0 Å². The van der Waals surface area contributed by atoms with E-state index in [2.05, 4.69) is 18.8 Å². The van der Waals surface area contributed by atoms with Gasteiger partial charge in [0.25, 0.3) is 0 Å². The molecule has 0 aliphatic carbocycles. The van der Waals surface area contributed by atoms with E-state index in [0.29, 0.717) is 6.04 Å². The van der Waals surface area contributed by atoms with Crippen LogP contribution in [0.5, 0.6) is 0 Å². The Hall–Kier alpha value is -1.90. The molecule has 0 N–H and O–H groups in total. The lowest BCUT2D eigenvalue weighted by molar-refractivity contribution is -0.130. The number of fused-ring (bicyclic) bond motifs is 1. The van der Waals surface area contributed by atoms with E-state index in [1.165, 1.54) is 0 Å². The van der Waals surface area contributed by atoms with Gasteiger partial charge in [0, 0.05) is 17.6 Å². The first-order valence-electron chi connectivity index (χ1n) is 7.44. The fourth-order valence-corrected chi connectivity index (χ4v) is 3.28. The maximum absolute atomic E-state index is 12.5. The molecule has 1 aromatic carbocycles. The number of para-hydroxylation sites is 1. The van der Waals surface area contributed by atoms with Gasteiger partial charge in [-0.2, -0.15) is 0 Å². The van der Waals surface area contributed by atoms with Gasteiger partial charge < -0.3 is 4.90 Å². The van der Waals surface area contributed by atoms with Gasteiger partial charge in [-0.25, -0.2) is 0 Å². The molecule has 0 spiro atoms. The summed E-state index contributed by atoms with van der Waals surface area (Å²) in [4.78, 5) is 18.9. The third-order valence-electron chi connectivity index (χ3n) is 4.24. The van der Waals surface area contributed by atoms with Crippen molar-refractivity contribution < 1.29 is 4.79 Å². The number of amides is 1. The third kappa shape index (κ3) is 1.89. The van der Waals surface area contributed by atoms with Crippen LogP contribution < -0.4 is 4.90 Å². The highest BCUT2D eigenvalue weighted by molar-refractivity contribution is 6.08. The number of nitrogens with zero attached hydrogens (tertiary/aromatic N) is 2. The third-order valence-corrected chi connectivity index (χ3v) is 4.24. The zero-order chi connectivity index (χ0) is 14.1. The summed E-state index contributed by atoms with van der Waals surface area (Å²) in [5.74, 6) is 0.459. The standard InChI is InChI=1S/C17H20N2O/c1-3-7-13-14(4-2)19(17(13)20)15-10-5-8-12-9-6-11-18-16(12)15/h5-6,8-11,13-14H,3-4,7H2,1-2H3/t13-,14+/m1/s1. The van der Waals surface area contributed by atoms with E-state index in [0.717, 1.165) is 35.9 Å². The zero-order valence-corrected chi connectivity index (χ0v) is 12.0. The van der Waals surface area contributed by atoms with Crippen molar-refractivity contribution >= 4 is 22.5 Å². The monoisotopic (exact) mass is 268 g/mol. The van der Waals surface area contributed by atoms with Gasteiger partial charge in [0.05, 0.1) is 17.1 Å². The summed E-state index contributed by atoms with van der Waals surface area (Å²) in [6.45, 7) is 4.30. The van der Waals surface area contributed by atoms with E-state index in [1.807, 2.05) is 35.2 Å².